The van der Waals surface area contributed by atoms with Gasteiger partial charge in [0.25, 0.3) is 0 Å². The predicted molar refractivity (Wildman–Crippen MR) is 116 cm³/mol. The first-order valence-corrected chi connectivity index (χ1v) is 12.0. The van der Waals surface area contributed by atoms with Crippen LogP contribution in [0, 0.1) is 0 Å². The summed E-state index contributed by atoms with van der Waals surface area (Å²) in [7, 11) is 0. The molecule has 10 heteroatoms. The summed E-state index contributed by atoms with van der Waals surface area (Å²) in [5.41, 5.74) is 0. The second-order valence-corrected chi connectivity index (χ2v) is 9.13. The zero-order valence-electron chi connectivity index (χ0n) is 16.8. The summed E-state index contributed by atoms with van der Waals surface area (Å²) in [5.74, 6) is 1.48. The van der Waals surface area contributed by atoms with Gasteiger partial charge >= 0.3 is 0 Å². The molecule has 0 spiro atoms. The van der Waals surface area contributed by atoms with Gasteiger partial charge in [-0.2, -0.15) is 0 Å². The third-order valence-electron chi connectivity index (χ3n) is 5.32. The Hall–Kier alpha value is -1.62. The lowest BCUT2D eigenvalue weighted by Crippen LogP contribution is -2.48. The predicted octanol–water partition coefficient (Wildman–Crippen LogP) is 1.63. The molecular weight excluding hydrogens is 408 g/mol. The number of carbonyl (C=O) groups is 1. The Labute approximate surface area is 179 Å². The van der Waals surface area contributed by atoms with Crippen molar-refractivity contribution in [2.75, 3.05) is 63.1 Å². The molecule has 8 nitrogen and oxygen atoms in total. The zero-order valence-corrected chi connectivity index (χ0v) is 18.5. The van der Waals surface area contributed by atoms with Crippen molar-refractivity contribution in [3.63, 3.8) is 0 Å². The molecule has 29 heavy (non-hydrogen) atoms. The molecule has 2 fully saturated rings. The van der Waals surface area contributed by atoms with Crippen LogP contribution in [0.25, 0.3) is 0 Å². The Kier molecular flexibility index (Phi) is 7.06. The van der Waals surface area contributed by atoms with Gasteiger partial charge in [0.2, 0.25) is 11.9 Å². The first kappa shape index (κ1) is 20.6. The number of aromatic nitrogens is 3. The number of hydrogen-bond donors (Lipinski definition) is 0. The van der Waals surface area contributed by atoms with Gasteiger partial charge < -0.3 is 14.5 Å². The zero-order chi connectivity index (χ0) is 20.1. The number of thioether (sulfide) groups is 1. The van der Waals surface area contributed by atoms with E-state index in [4.69, 9.17) is 4.74 Å². The van der Waals surface area contributed by atoms with Crippen LogP contribution in [0.1, 0.15) is 11.8 Å². The van der Waals surface area contributed by atoms with Crippen molar-refractivity contribution in [2.24, 2.45) is 0 Å². The molecule has 158 valence electrons. The van der Waals surface area contributed by atoms with Gasteiger partial charge in [0.15, 0.2) is 5.16 Å². The first-order chi connectivity index (χ1) is 14.2. The molecule has 2 aliphatic heterocycles. The fraction of sp³-hybridized carbons (Fsp3) is 0.632. The number of ether oxygens (including phenoxy) is 1. The van der Waals surface area contributed by atoms with Gasteiger partial charge in [-0.1, -0.05) is 17.8 Å². The summed E-state index contributed by atoms with van der Waals surface area (Å²) >= 11 is 3.28. The summed E-state index contributed by atoms with van der Waals surface area (Å²) in [5, 5.41) is 11.7. The van der Waals surface area contributed by atoms with Crippen molar-refractivity contribution in [3.8, 4) is 0 Å². The van der Waals surface area contributed by atoms with Gasteiger partial charge in [0.05, 0.1) is 19.0 Å². The summed E-state index contributed by atoms with van der Waals surface area (Å²) in [6.45, 7) is 10.4. The van der Waals surface area contributed by atoms with Crippen molar-refractivity contribution >= 4 is 35.0 Å². The quantitative estimate of drug-likeness (QED) is 0.611. The standard InChI is InChI=1S/C19H28N6O2S2/c1-2-25-18(24-9-11-27-12-10-24)20-21-19(25)29-15-17(26)23-7-5-22(6-8-23)14-16-4-3-13-28-16/h3-4,13H,2,5-12,14-15H2,1H3. The highest BCUT2D eigenvalue weighted by Gasteiger charge is 2.24. The molecule has 0 aliphatic carbocycles. The van der Waals surface area contributed by atoms with E-state index in [1.807, 2.05) is 4.90 Å². The SMILES string of the molecule is CCn1c(SCC(=O)N2CCN(Cc3cccs3)CC2)nnc1N1CCOCC1. The van der Waals surface area contributed by atoms with E-state index in [9.17, 15) is 4.79 Å². The van der Waals surface area contributed by atoms with E-state index >= 15 is 0 Å². The lowest BCUT2D eigenvalue weighted by molar-refractivity contribution is -0.130. The molecule has 0 N–H and O–H groups in total. The maximum Gasteiger partial charge on any atom is 0.233 e. The highest BCUT2D eigenvalue weighted by atomic mass is 32.2. The molecule has 2 aromatic heterocycles. The van der Waals surface area contributed by atoms with Crippen molar-refractivity contribution in [1.29, 1.82) is 0 Å². The van der Waals surface area contributed by atoms with E-state index in [1.165, 1.54) is 16.6 Å². The Morgan fingerprint density at radius 2 is 1.97 bits per heavy atom. The molecule has 4 rings (SSSR count). The minimum absolute atomic E-state index is 0.185. The van der Waals surface area contributed by atoms with Crippen LogP contribution in [0.4, 0.5) is 5.95 Å². The van der Waals surface area contributed by atoms with Crippen LogP contribution in [-0.4, -0.2) is 88.7 Å². The highest BCUT2D eigenvalue weighted by molar-refractivity contribution is 7.99. The smallest absolute Gasteiger partial charge is 0.233 e. The Balaban J connectivity index is 1.27. The van der Waals surface area contributed by atoms with Gasteiger partial charge in [-0.25, -0.2) is 0 Å². The average molecular weight is 437 g/mol. The van der Waals surface area contributed by atoms with E-state index in [0.29, 0.717) is 5.75 Å². The number of anilines is 1. The summed E-state index contributed by atoms with van der Waals surface area (Å²) < 4.78 is 7.53. The van der Waals surface area contributed by atoms with Crippen LogP contribution in [0.2, 0.25) is 0 Å². The van der Waals surface area contributed by atoms with Gasteiger partial charge in [-0.3, -0.25) is 14.3 Å². The minimum atomic E-state index is 0.185. The van der Waals surface area contributed by atoms with Crippen LogP contribution in [0.15, 0.2) is 22.7 Å². The van der Waals surface area contributed by atoms with Crippen LogP contribution >= 0.6 is 23.1 Å². The molecule has 2 saturated heterocycles. The first-order valence-electron chi connectivity index (χ1n) is 10.2. The number of carbonyl (C=O) groups excluding carboxylic acids is 1. The fourth-order valence-corrected chi connectivity index (χ4v) is 5.30. The van der Waals surface area contributed by atoms with E-state index < -0.39 is 0 Å². The molecule has 1 amide bonds. The van der Waals surface area contributed by atoms with E-state index in [0.717, 1.165) is 76.7 Å². The normalized spacial score (nSPS) is 18.4. The molecule has 0 aromatic carbocycles. The number of hydrogen-bond acceptors (Lipinski definition) is 8. The molecule has 4 heterocycles. The lowest BCUT2D eigenvalue weighted by atomic mass is 10.3. The second-order valence-electron chi connectivity index (χ2n) is 7.15. The molecule has 2 aliphatic rings. The largest absolute Gasteiger partial charge is 0.378 e. The number of rotatable bonds is 7. The molecule has 2 aromatic rings. The third-order valence-corrected chi connectivity index (χ3v) is 7.13. The Bertz CT molecular complexity index is 783. The summed E-state index contributed by atoms with van der Waals surface area (Å²) in [6.07, 6.45) is 0. The van der Waals surface area contributed by atoms with Crippen LogP contribution in [0.5, 0.6) is 0 Å². The summed E-state index contributed by atoms with van der Waals surface area (Å²) in [4.78, 5) is 20.7. The average Bonchev–Trinajstić information content (AvgIpc) is 3.42. The van der Waals surface area contributed by atoms with Crippen molar-refractivity contribution in [3.05, 3.63) is 22.4 Å². The van der Waals surface area contributed by atoms with Crippen molar-refractivity contribution in [2.45, 2.75) is 25.2 Å². The molecule has 0 unspecified atom stereocenters. The monoisotopic (exact) mass is 436 g/mol. The van der Waals surface area contributed by atoms with Gasteiger partial charge in [0.1, 0.15) is 0 Å². The maximum absolute atomic E-state index is 12.7. The fourth-order valence-electron chi connectivity index (χ4n) is 3.66. The number of morpholine rings is 1. The Morgan fingerprint density at radius 3 is 2.66 bits per heavy atom. The van der Waals surface area contributed by atoms with Crippen molar-refractivity contribution in [1.82, 2.24) is 24.6 Å². The topological polar surface area (TPSA) is 66.7 Å². The second kappa shape index (κ2) is 9.92. The van der Waals surface area contributed by atoms with E-state index in [-0.39, 0.29) is 5.91 Å². The van der Waals surface area contributed by atoms with Crippen LogP contribution in [0.3, 0.4) is 0 Å². The van der Waals surface area contributed by atoms with Crippen LogP contribution < -0.4 is 4.90 Å². The summed E-state index contributed by atoms with van der Waals surface area (Å²) in [6, 6.07) is 4.27. The third kappa shape index (κ3) is 5.11. The van der Waals surface area contributed by atoms with Crippen molar-refractivity contribution < 1.29 is 9.53 Å². The molecule has 0 bridgehead atoms. The number of piperazine rings is 1. The van der Waals surface area contributed by atoms with E-state index in [2.05, 4.69) is 49.0 Å². The maximum atomic E-state index is 12.7. The lowest BCUT2D eigenvalue weighted by Gasteiger charge is -2.34. The Morgan fingerprint density at radius 1 is 1.17 bits per heavy atom. The van der Waals surface area contributed by atoms with Crippen LogP contribution in [-0.2, 0) is 22.6 Å². The molecular formula is C19H28N6O2S2. The van der Waals surface area contributed by atoms with Gasteiger partial charge in [-0.05, 0) is 18.4 Å². The molecule has 0 saturated carbocycles. The molecule has 0 atom stereocenters. The molecule has 0 radical (unpaired) electrons. The highest BCUT2D eigenvalue weighted by Crippen LogP contribution is 2.23. The number of thiophene rings is 1. The van der Waals surface area contributed by atoms with Gasteiger partial charge in [-0.15, -0.1) is 21.5 Å². The van der Waals surface area contributed by atoms with E-state index in [1.54, 1.807) is 11.3 Å². The minimum Gasteiger partial charge on any atom is -0.378 e. The number of nitrogens with zero attached hydrogens (tertiary/aromatic N) is 6. The van der Waals surface area contributed by atoms with Gasteiger partial charge in [0, 0.05) is 57.2 Å². The number of amides is 1.